The minimum absolute atomic E-state index is 0.229. The maximum absolute atomic E-state index is 13.2. The van der Waals surface area contributed by atoms with Crippen molar-refractivity contribution in [1.82, 2.24) is 20.7 Å². The van der Waals surface area contributed by atoms with E-state index in [0.29, 0.717) is 16.6 Å². The molecule has 2 N–H and O–H groups in total. The van der Waals surface area contributed by atoms with Crippen LogP contribution in [0.25, 0.3) is 11.0 Å². The Hall–Kier alpha value is -3.06. The zero-order valence-corrected chi connectivity index (χ0v) is 13.8. The first-order valence-corrected chi connectivity index (χ1v) is 8.49. The second kappa shape index (κ2) is 6.45. The number of hydrogen-bond donors (Lipinski definition) is 2. The molecule has 0 unspecified atom stereocenters. The number of thiophene rings is 1. The van der Waals surface area contributed by atoms with Crippen LogP contribution in [0.4, 0.5) is 4.39 Å². The van der Waals surface area contributed by atoms with Crippen LogP contribution >= 0.6 is 11.3 Å². The van der Waals surface area contributed by atoms with Crippen LogP contribution in [-0.4, -0.2) is 21.3 Å². The van der Waals surface area contributed by atoms with E-state index < -0.39 is 0 Å². The summed E-state index contributed by atoms with van der Waals surface area (Å²) >= 11 is 1.54. The lowest BCUT2D eigenvalue weighted by atomic mass is 10.0. The SMILES string of the molecule is O=C(N[C@@H](c1ccc(F)cc1)c1cccs1)c1ccc2n[nH]nc2c1. The average molecular weight is 352 g/mol. The second-order valence-electron chi connectivity index (χ2n) is 5.50. The summed E-state index contributed by atoms with van der Waals surface area (Å²) in [6, 6.07) is 14.8. The normalized spacial score (nSPS) is 12.2. The van der Waals surface area contributed by atoms with Gasteiger partial charge in [0.1, 0.15) is 16.9 Å². The number of rotatable bonds is 4. The van der Waals surface area contributed by atoms with Gasteiger partial charge in [-0.2, -0.15) is 15.4 Å². The molecular formula is C18H13FN4OS. The lowest BCUT2D eigenvalue weighted by Crippen LogP contribution is -2.28. The molecule has 1 amide bonds. The molecule has 5 nitrogen and oxygen atoms in total. The predicted molar refractivity (Wildman–Crippen MR) is 93.9 cm³/mol. The molecule has 4 aromatic rings. The fraction of sp³-hybridized carbons (Fsp3) is 0.0556. The van der Waals surface area contributed by atoms with Crippen LogP contribution < -0.4 is 5.32 Å². The molecule has 0 fully saturated rings. The van der Waals surface area contributed by atoms with Crippen LogP contribution in [0.2, 0.25) is 0 Å². The molecule has 124 valence electrons. The molecule has 0 aliphatic carbocycles. The summed E-state index contributed by atoms with van der Waals surface area (Å²) in [5.41, 5.74) is 2.64. The fourth-order valence-corrected chi connectivity index (χ4v) is 3.43. The second-order valence-corrected chi connectivity index (χ2v) is 6.48. The Morgan fingerprint density at radius 1 is 1.08 bits per heavy atom. The van der Waals surface area contributed by atoms with Crippen LogP contribution in [0.5, 0.6) is 0 Å². The molecule has 1 atom stereocenters. The van der Waals surface area contributed by atoms with Crippen molar-refractivity contribution in [3.05, 3.63) is 81.8 Å². The van der Waals surface area contributed by atoms with E-state index in [1.165, 1.54) is 23.5 Å². The Kier molecular flexibility index (Phi) is 3.99. The van der Waals surface area contributed by atoms with Gasteiger partial charge in [0, 0.05) is 10.4 Å². The van der Waals surface area contributed by atoms with E-state index in [1.807, 2.05) is 17.5 Å². The number of carbonyl (C=O) groups is 1. The van der Waals surface area contributed by atoms with Crippen molar-refractivity contribution >= 4 is 28.3 Å². The highest BCUT2D eigenvalue weighted by atomic mass is 32.1. The number of H-pyrrole nitrogens is 1. The minimum Gasteiger partial charge on any atom is -0.340 e. The molecular weight excluding hydrogens is 339 g/mol. The van der Waals surface area contributed by atoms with E-state index in [-0.39, 0.29) is 17.8 Å². The number of nitrogens with zero attached hydrogens (tertiary/aromatic N) is 2. The first-order valence-electron chi connectivity index (χ1n) is 7.61. The summed E-state index contributed by atoms with van der Waals surface area (Å²) in [7, 11) is 0. The average Bonchev–Trinajstić information content (AvgIpc) is 3.31. The largest absolute Gasteiger partial charge is 0.340 e. The standard InChI is InChI=1S/C18H13FN4OS/c19-13-6-3-11(4-7-13)17(16-2-1-9-25-16)20-18(24)12-5-8-14-15(10-12)22-23-21-14/h1-10,17H,(H,20,24)(H,21,22,23)/t17-/m0/s1. The van der Waals surface area contributed by atoms with Crippen molar-refractivity contribution in [2.75, 3.05) is 0 Å². The number of fused-ring (bicyclic) bond motifs is 1. The van der Waals surface area contributed by atoms with Crippen LogP contribution in [0, 0.1) is 5.82 Å². The van der Waals surface area contributed by atoms with Crippen molar-refractivity contribution in [1.29, 1.82) is 0 Å². The molecule has 2 aromatic carbocycles. The summed E-state index contributed by atoms with van der Waals surface area (Å²) < 4.78 is 13.2. The molecule has 25 heavy (non-hydrogen) atoms. The molecule has 0 bridgehead atoms. The van der Waals surface area contributed by atoms with Gasteiger partial charge in [0.25, 0.3) is 5.91 Å². The highest BCUT2D eigenvalue weighted by Gasteiger charge is 2.19. The summed E-state index contributed by atoms with van der Waals surface area (Å²) in [6.45, 7) is 0. The monoisotopic (exact) mass is 352 g/mol. The van der Waals surface area contributed by atoms with Crippen LogP contribution in [-0.2, 0) is 0 Å². The molecule has 4 rings (SSSR count). The van der Waals surface area contributed by atoms with Gasteiger partial charge in [0.15, 0.2) is 0 Å². The molecule has 2 aromatic heterocycles. The van der Waals surface area contributed by atoms with E-state index in [2.05, 4.69) is 20.7 Å². The minimum atomic E-state index is -0.346. The van der Waals surface area contributed by atoms with Crippen molar-refractivity contribution < 1.29 is 9.18 Å². The van der Waals surface area contributed by atoms with E-state index >= 15 is 0 Å². The van der Waals surface area contributed by atoms with E-state index in [1.54, 1.807) is 30.3 Å². The Morgan fingerprint density at radius 2 is 1.88 bits per heavy atom. The Bertz CT molecular complexity index is 1010. The predicted octanol–water partition coefficient (Wildman–Crippen LogP) is 3.68. The van der Waals surface area contributed by atoms with Crippen molar-refractivity contribution in [3.63, 3.8) is 0 Å². The van der Waals surface area contributed by atoms with E-state index in [4.69, 9.17) is 0 Å². The molecule has 0 spiro atoms. The summed E-state index contributed by atoms with van der Waals surface area (Å²) in [5, 5.41) is 15.5. The number of carbonyl (C=O) groups excluding carboxylic acids is 1. The van der Waals surface area contributed by atoms with Crippen molar-refractivity contribution in [2.45, 2.75) is 6.04 Å². The lowest BCUT2D eigenvalue weighted by Gasteiger charge is -2.18. The molecule has 2 heterocycles. The quantitative estimate of drug-likeness (QED) is 0.589. The summed E-state index contributed by atoms with van der Waals surface area (Å²) in [5.74, 6) is -0.538. The van der Waals surface area contributed by atoms with Crippen molar-refractivity contribution in [3.8, 4) is 0 Å². The van der Waals surface area contributed by atoms with E-state index in [0.717, 1.165) is 10.4 Å². The van der Waals surface area contributed by atoms with Gasteiger partial charge in [0.2, 0.25) is 0 Å². The zero-order chi connectivity index (χ0) is 17.2. The first-order chi connectivity index (χ1) is 12.2. The number of aromatic amines is 1. The topological polar surface area (TPSA) is 70.7 Å². The van der Waals surface area contributed by atoms with Crippen LogP contribution in [0.15, 0.2) is 60.0 Å². The fourth-order valence-electron chi connectivity index (χ4n) is 2.63. The first kappa shape index (κ1) is 15.5. The third kappa shape index (κ3) is 3.14. The Morgan fingerprint density at radius 3 is 2.64 bits per heavy atom. The van der Waals surface area contributed by atoms with Gasteiger partial charge in [-0.3, -0.25) is 4.79 Å². The van der Waals surface area contributed by atoms with Gasteiger partial charge in [-0.15, -0.1) is 11.3 Å². The summed E-state index contributed by atoms with van der Waals surface area (Å²) in [6.07, 6.45) is 0. The number of halogens is 1. The molecule has 0 aliphatic heterocycles. The van der Waals surface area contributed by atoms with Gasteiger partial charge in [-0.1, -0.05) is 18.2 Å². The molecule has 0 radical (unpaired) electrons. The highest BCUT2D eigenvalue weighted by Crippen LogP contribution is 2.27. The lowest BCUT2D eigenvalue weighted by molar-refractivity contribution is 0.0943. The smallest absolute Gasteiger partial charge is 0.252 e. The van der Waals surface area contributed by atoms with Gasteiger partial charge < -0.3 is 5.32 Å². The van der Waals surface area contributed by atoms with Crippen molar-refractivity contribution in [2.24, 2.45) is 0 Å². The number of benzene rings is 2. The third-order valence-corrected chi connectivity index (χ3v) is 4.82. The van der Waals surface area contributed by atoms with Crippen LogP contribution in [0.3, 0.4) is 0 Å². The Balaban J connectivity index is 1.65. The third-order valence-electron chi connectivity index (χ3n) is 3.88. The van der Waals surface area contributed by atoms with Gasteiger partial charge in [0.05, 0.1) is 6.04 Å². The number of aromatic nitrogens is 3. The molecule has 0 saturated carbocycles. The molecule has 0 aliphatic rings. The van der Waals surface area contributed by atoms with Gasteiger partial charge >= 0.3 is 0 Å². The zero-order valence-electron chi connectivity index (χ0n) is 12.9. The Labute approximate surface area is 146 Å². The molecule has 7 heteroatoms. The summed E-state index contributed by atoms with van der Waals surface area (Å²) in [4.78, 5) is 13.7. The molecule has 0 saturated heterocycles. The number of hydrogen-bond acceptors (Lipinski definition) is 4. The van der Waals surface area contributed by atoms with Crippen LogP contribution in [0.1, 0.15) is 26.8 Å². The number of nitrogens with one attached hydrogen (secondary N) is 2. The van der Waals surface area contributed by atoms with E-state index in [9.17, 15) is 9.18 Å². The number of amides is 1. The van der Waals surface area contributed by atoms with Gasteiger partial charge in [-0.25, -0.2) is 4.39 Å². The van der Waals surface area contributed by atoms with Gasteiger partial charge in [-0.05, 0) is 47.3 Å². The maximum Gasteiger partial charge on any atom is 0.252 e. The maximum atomic E-state index is 13.2. The highest BCUT2D eigenvalue weighted by molar-refractivity contribution is 7.10.